The van der Waals surface area contributed by atoms with E-state index in [1.807, 2.05) is 29.2 Å². The minimum absolute atomic E-state index is 0.0596. The Kier molecular flexibility index (Phi) is 8.80. The Balaban J connectivity index is 1.90. The highest BCUT2D eigenvalue weighted by Gasteiger charge is 2.21. The van der Waals surface area contributed by atoms with Gasteiger partial charge in [-0.2, -0.15) is 0 Å². The van der Waals surface area contributed by atoms with E-state index in [1.165, 1.54) is 6.07 Å². The molecule has 32 heavy (non-hydrogen) atoms. The van der Waals surface area contributed by atoms with Gasteiger partial charge in [-0.15, -0.1) is 0 Å². The van der Waals surface area contributed by atoms with Crippen molar-refractivity contribution in [1.29, 1.82) is 0 Å². The lowest BCUT2D eigenvalue weighted by Crippen LogP contribution is -2.48. The predicted molar refractivity (Wildman–Crippen MR) is 129 cm³/mol. The third kappa shape index (κ3) is 5.94. The number of nitrogens with zero attached hydrogens (tertiary/aromatic N) is 4. The Morgan fingerprint density at radius 2 is 1.50 bits per heavy atom. The first-order valence-corrected chi connectivity index (χ1v) is 11.8. The molecule has 3 rings (SSSR count). The molecule has 172 valence electrons. The number of para-hydroxylation sites is 1. The Labute approximate surface area is 191 Å². The fraction of sp³-hybridized carbons (Fsp3) is 0.462. The normalized spacial score (nSPS) is 15.1. The third-order valence-electron chi connectivity index (χ3n) is 5.86. The standard InChI is InChI=1S/C26H35FN4O/c1-4-15-31(16-5-2)26(32)22-13-11-21(12-14-22)25(28-24-10-8-7-9-23(24)27)30-19-17-29(6-3)18-20-30/h7-14H,4-6,15-20H2,1-3H3/b28-25+. The van der Waals surface area contributed by atoms with Gasteiger partial charge in [0.25, 0.3) is 5.91 Å². The van der Waals surface area contributed by atoms with Crippen molar-refractivity contribution < 1.29 is 9.18 Å². The average Bonchev–Trinajstić information content (AvgIpc) is 2.83. The van der Waals surface area contributed by atoms with Crippen molar-refractivity contribution in [3.8, 4) is 0 Å². The molecular formula is C26H35FN4O. The van der Waals surface area contributed by atoms with Gasteiger partial charge in [0.15, 0.2) is 0 Å². The Hall–Kier alpha value is -2.73. The number of hydrogen-bond donors (Lipinski definition) is 0. The van der Waals surface area contributed by atoms with E-state index in [1.54, 1.807) is 18.2 Å². The lowest BCUT2D eigenvalue weighted by molar-refractivity contribution is 0.0755. The van der Waals surface area contributed by atoms with Crippen molar-refractivity contribution in [2.75, 3.05) is 45.8 Å². The highest BCUT2D eigenvalue weighted by atomic mass is 19.1. The first kappa shape index (κ1) is 23.9. The van der Waals surface area contributed by atoms with Crippen LogP contribution in [0, 0.1) is 5.82 Å². The predicted octanol–water partition coefficient (Wildman–Crippen LogP) is 4.80. The number of aliphatic imine (C=N–C) groups is 1. The molecule has 0 saturated carbocycles. The van der Waals surface area contributed by atoms with Crippen LogP contribution in [0.5, 0.6) is 0 Å². The third-order valence-corrected chi connectivity index (χ3v) is 5.86. The van der Waals surface area contributed by atoms with Crippen molar-refractivity contribution in [3.05, 3.63) is 65.5 Å². The molecule has 1 aliphatic rings. The number of rotatable bonds is 8. The summed E-state index contributed by atoms with van der Waals surface area (Å²) in [6.45, 7) is 12.5. The topological polar surface area (TPSA) is 39.2 Å². The number of benzene rings is 2. The summed E-state index contributed by atoms with van der Waals surface area (Å²) in [6, 6.07) is 14.2. The van der Waals surface area contributed by atoms with Crippen molar-refractivity contribution in [1.82, 2.24) is 14.7 Å². The molecule has 1 heterocycles. The second-order valence-electron chi connectivity index (χ2n) is 8.18. The second-order valence-corrected chi connectivity index (χ2v) is 8.18. The maximum Gasteiger partial charge on any atom is 0.253 e. The van der Waals surface area contributed by atoms with E-state index in [4.69, 9.17) is 4.99 Å². The number of carbonyl (C=O) groups is 1. The van der Waals surface area contributed by atoms with Gasteiger partial charge in [-0.3, -0.25) is 4.79 Å². The van der Waals surface area contributed by atoms with Gasteiger partial charge in [0.2, 0.25) is 0 Å². The first-order valence-electron chi connectivity index (χ1n) is 11.8. The largest absolute Gasteiger partial charge is 0.354 e. The minimum atomic E-state index is -0.334. The van der Waals surface area contributed by atoms with Crippen molar-refractivity contribution in [2.24, 2.45) is 4.99 Å². The zero-order chi connectivity index (χ0) is 22.9. The molecule has 0 radical (unpaired) electrons. The van der Waals surface area contributed by atoms with E-state index in [-0.39, 0.29) is 11.7 Å². The highest BCUT2D eigenvalue weighted by Crippen LogP contribution is 2.21. The van der Waals surface area contributed by atoms with Crippen molar-refractivity contribution in [3.63, 3.8) is 0 Å². The summed E-state index contributed by atoms with van der Waals surface area (Å²) >= 11 is 0. The van der Waals surface area contributed by atoms with E-state index < -0.39 is 0 Å². The summed E-state index contributed by atoms with van der Waals surface area (Å²) < 4.78 is 14.4. The zero-order valence-corrected chi connectivity index (χ0v) is 19.6. The fourth-order valence-electron chi connectivity index (χ4n) is 4.05. The maximum atomic E-state index is 14.4. The van der Waals surface area contributed by atoms with Crippen LogP contribution in [0.2, 0.25) is 0 Å². The Morgan fingerprint density at radius 1 is 0.906 bits per heavy atom. The number of hydrogen-bond acceptors (Lipinski definition) is 3. The molecule has 1 aliphatic heterocycles. The fourth-order valence-corrected chi connectivity index (χ4v) is 4.05. The summed E-state index contributed by atoms with van der Waals surface area (Å²) in [5.41, 5.74) is 1.90. The lowest BCUT2D eigenvalue weighted by atomic mass is 10.1. The van der Waals surface area contributed by atoms with Crippen LogP contribution in [-0.4, -0.2) is 72.3 Å². The summed E-state index contributed by atoms with van der Waals surface area (Å²) in [7, 11) is 0. The van der Waals surface area contributed by atoms with Gasteiger partial charge in [0.1, 0.15) is 17.3 Å². The molecular weight excluding hydrogens is 403 g/mol. The van der Waals surface area contributed by atoms with Gasteiger partial charge in [0, 0.05) is 50.4 Å². The average molecular weight is 439 g/mol. The minimum Gasteiger partial charge on any atom is -0.354 e. The molecule has 0 unspecified atom stereocenters. The molecule has 6 heteroatoms. The smallest absolute Gasteiger partial charge is 0.253 e. The van der Waals surface area contributed by atoms with Gasteiger partial charge in [-0.1, -0.05) is 45.0 Å². The van der Waals surface area contributed by atoms with E-state index in [0.717, 1.165) is 70.1 Å². The number of likely N-dealkylation sites (N-methyl/N-ethyl adjacent to an activating group) is 1. The van der Waals surface area contributed by atoms with Crippen LogP contribution in [-0.2, 0) is 0 Å². The van der Waals surface area contributed by atoms with Gasteiger partial charge in [-0.25, -0.2) is 9.38 Å². The number of piperazine rings is 1. The van der Waals surface area contributed by atoms with Gasteiger partial charge in [0.05, 0.1) is 0 Å². The number of halogens is 1. The molecule has 1 fully saturated rings. The quantitative estimate of drug-likeness (QED) is 0.439. The summed E-state index contributed by atoms with van der Waals surface area (Å²) in [5, 5.41) is 0. The molecule has 2 aromatic rings. The maximum absolute atomic E-state index is 14.4. The SMILES string of the molecule is CCCN(CCC)C(=O)c1ccc(/C(=N\c2ccccc2F)N2CCN(CC)CC2)cc1. The monoisotopic (exact) mass is 438 g/mol. The van der Waals surface area contributed by atoms with E-state index in [9.17, 15) is 9.18 Å². The van der Waals surface area contributed by atoms with Crippen LogP contribution in [0.1, 0.15) is 49.5 Å². The molecule has 2 aromatic carbocycles. The molecule has 0 aromatic heterocycles. The van der Waals surface area contributed by atoms with Crippen LogP contribution in [0.15, 0.2) is 53.5 Å². The summed E-state index contributed by atoms with van der Waals surface area (Å²) in [4.78, 5) is 24.2. The molecule has 5 nitrogen and oxygen atoms in total. The Bertz CT molecular complexity index is 898. The molecule has 0 spiro atoms. The number of carbonyl (C=O) groups excluding carboxylic acids is 1. The molecule has 1 saturated heterocycles. The molecule has 1 amide bonds. The van der Waals surface area contributed by atoms with Crippen LogP contribution < -0.4 is 0 Å². The highest BCUT2D eigenvalue weighted by molar-refractivity contribution is 6.02. The van der Waals surface area contributed by atoms with Crippen LogP contribution in [0.3, 0.4) is 0 Å². The molecule has 0 aliphatic carbocycles. The van der Waals surface area contributed by atoms with Gasteiger partial charge >= 0.3 is 0 Å². The van der Waals surface area contributed by atoms with E-state index in [2.05, 4.69) is 30.6 Å². The number of amidine groups is 1. The number of amides is 1. The van der Waals surface area contributed by atoms with Crippen LogP contribution in [0.4, 0.5) is 10.1 Å². The van der Waals surface area contributed by atoms with Crippen LogP contribution >= 0.6 is 0 Å². The van der Waals surface area contributed by atoms with E-state index in [0.29, 0.717) is 11.3 Å². The summed E-state index contributed by atoms with van der Waals surface area (Å²) in [6.07, 6.45) is 1.88. The molecule has 0 bridgehead atoms. The van der Waals surface area contributed by atoms with Gasteiger partial charge < -0.3 is 14.7 Å². The first-order chi connectivity index (χ1) is 15.6. The van der Waals surface area contributed by atoms with Crippen molar-refractivity contribution >= 4 is 17.4 Å². The molecule has 0 atom stereocenters. The van der Waals surface area contributed by atoms with E-state index >= 15 is 0 Å². The summed E-state index contributed by atoms with van der Waals surface area (Å²) in [5.74, 6) is 0.479. The molecule has 0 N–H and O–H groups in total. The van der Waals surface area contributed by atoms with Crippen molar-refractivity contribution in [2.45, 2.75) is 33.6 Å². The Morgan fingerprint density at radius 3 is 2.06 bits per heavy atom. The van der Waals surface area contributed by atoms with Crippen LogP contribution in [0.25, 0.3) is 0 Å². The van der Waals surface area contributed by atoms with Gasteiger partial charge in [-0.05, 0) is 43.7 Å². The zero-order valence-electron chi connectivity index (χ0n) is 19.6. The second kappa shape index (κ2) is 11.8. The lowest BCUT2D eigenvalue weighted by Gasteiger charge is -2.36.